The normalized spacial score (nSPS) is 24.4. The summed E-state index contributed by atoms with van der Waals surface area (Å²) in [7, 11) is 0. The number of rotatable bonds is 1. The van der Waals surface area contributed by atoms with E-state index in [-0.39, 0.29) is 0 Å². The molecule has 0 atom stereocenters. The van der Waals surface area contributed by atoms with E-state index in [1.165, 1.54) is 5.57 Å². The lowest BCUT2D eigenvalue weighted by molar-refractivity contribution is -0.284. The highest BCUT2D eigenvalue weighted by Gasteiger charge is 2.54. The fourth-order valence-corrected chi connectivity index (χ4v) is 2.90. The van der Waals surface area contributed by atoms with Crippen LogP contribution in [-0.4, -0.2) is 16.0 Å². The zero-order chi connectivity index (χ0) is 13.6. The van der Waals surface area contributed by atoms with E-state index in [0.717, 1.165) is 5.56 Å². The van der Waals surface area contributed by atoms with Crippen molar-refractivity contribution in [3.63, 3.8) is 0 Å². The van der Waals surface area contributed by atoms with Gasteiger partial charge in [-0.15, -0.1) is 0 Å². The monoisotopic (exact) mass is 246 g/mol. The zero-order valence-electron chi connectivity index (χ0n) is 11.6. The molecule has 2 rings (SSSR count). The lowest BCUT2D eigenvalue weighted by atomic mass is 9.60. The lowest BCUT2D eigenvalue weighted by Gasteiger charge is -2.51. The van der Waals surface area contributed by atoms with Gasteiger partial charge in [0, 0.05) is 10.8 Å². The summed E-state index contributed by atoms with van der Waals surface area (Å²) in [6.07, 6.45) is 2.65. The van der Waals surface area contributed by atoms with Gasteiger partial charge >= 0.3 is 0 Å². The molecule has 0 amide bonds. The van der Waals surface area contributed by atoms with Crippen molar-refractivity contribution >= 4 is 5.57 Å². The highest BCUT2D eigenvalue weighted by atomic mass is 16.5. The van der Waals surface area contributed by atoms with Gasteiger partial charge in [0.2, 0.25) is 0 Å². The quantitative estimate of drug-likeness (QED) is 0.747. The Bertz CT molecular complexity index is 467. The molecule has 0 bridgehead atoms. The van der Waals surface area contributed by atoms with Crippen molar-refractivity contribution in [1.82, 2.24) is 0 Å². The molecule has 0 unspecified atom stereocenters. The van der Waals surface area contributed by atoms with Crippen molar-refractivity contribution < 1.29 is 10.2 Å². The molecule has 1 aliphatic carbocycles. The van der Waals surface area contributed by atoms with Gasteiger partial charge in [0.1, 0.15) is 0 Å². The molecule has 0 radical (unpaired) electrons. The van der Waals surface area contributed by atoms with E-state index in [4.69, 9.17) is 0 Å². The minimum atomic E-state index is -1.70. The Morgan fingerprint density at radius 2 is 1.50 bits per heavy atom. The molecular weight excluding hydrogens is 224 g/mol. The molecule has 0 aliphatic heterocycles. The van der Waals surface area contributed by atoms with Gasteiger partial charge < -0.3 is 10.2 Å². The number of aliphatic hydroxyl groups is 2. The topological polar surface area (TPSA) is 40.5 Å². The number of hydrogen-bond donors (Lipinski definition) is 2. The Hall–Kier alpha value is -1.12. The summed E-state index contributed by atoms with van der Waals surface area (Å²) in [5.41, 5.74) is 1.11. The van der Waals surface area contributed by atoms with E-state index in [1.807, 2.05) is 52.0 Å². The van der Waals surface area contributed by atoms with Crippen molar-refractivity contribution in [3.05, 3.63) is 42.0 Å². The summed E-state index contributed by atoms with van der Waals surface area (Å²) in [5.74, 6) is -1.70. The predicted octanol–water partition coefficient (Wildman–Crippen LogP) is 3.21. The first kappa shape index (κ1) is 13.3. The van der Waals surface area contributed by atoms with Crippen LogP contribution in [0.2, 0.25) is 0 Å². The summed E-state index contributed by atoms with van der Waals surface area (Å²) in [6.45, 7) is 7.56. The van der Waals surface area contributed by atoms with E-state index in [1.54, 1.807) is 0 Å². The highest BCUT2D eigenvalue weighted by molar-refractivity contribution is 5.68. The van der Waals surface area contributed by atoms with E-state index >= 15 is 0 Å². The van der Waals surface area contributed by atoms with Crippen LogP contribution in [0.1, 0.15) is 39.7 Å². The van der Waals surface area contributed by atoms with E-state index in [2.05, 4.69) is 12.1 Å². The Kier molecular flexibility index (Phi) is 2.91. The smallest absolute Gasteiger partial charge is 0.176 e. The second-order valence-corrected chi connectivity index (χ2v) is 6.49. The number of benzene rings is 1. The number of hydrogen-bond acceptors (Lipinski definition) is 2. The van der Waals surface area contributed by atoms with Crippen LogP contribution in [0, 0.1) is 10.8 Å². The molecule has 1 aromatic carbocycles. The van der Waals surface area contributed by atoms with Crippen LogP contribution in [0.4, 0.5) is 0 Å². The summed E-state index contributed by atoms with van der Waals surface area (Å²) in [4.78, 5) is 0. The minimum Gasteiger partial charge on any atom is -0.364 e. The molecule has 0 aromatic heterocycles. The predicted molar refractivity (Wildman–Crippen MR) is 73.8 cm³/mol. The molecule has 0 saturated heterocycles. The maximum atomic E-state index is 10.4. The van der Waals surface area contributed by atoms with Crippen molar-refractivity contribution in [3.8, 4) is 0 Å². The Morgan fingerprint density at radius 3 is 2.00 bits per heavy atom. The van der Waals surface area contributed by atoms with Crippen molar-refractivity contribution in [2.75, 3.05) is 0 Å². The highest BCUT2D eigenvalue weighted by Crippen LogP contribution is 2.52. The third-order valence-electron chi connectivity index (χ3n) is 4.15. The second-order valence-electron chi connectivity index (χ2n) is 6.49. The zero-order valence-corrected chi connectivity index (χ0v) is 11.6. The van der Waals surface area contributed by atoms with Gasteiger partial charge in [-0.1, -0.05) is 64.1 Å². The van der Waals surface area contributed by atoms with Crippen molar-refractivity contribution in [1.29, 1.82) is 0 Å². The molecule has 98 valence electrons. The number of allylic oxidation sites excluding steroid dienone is 1. The van der Waals surface area contributed by atoms with Gasteiger partial charge in [0.15, 0.2) is 5.79 Å². The van der Waals surface area contributed by atoms with Crippen LogP contribution >= 0.6 is 0 Å². The average molecular weight is 246 g/mol. The summed E-state index contributed by atoms with van der Waals surface area (Å²) in [5, 5.41) is 20.8. The Labute approximate surface area is 109 Å². The van der Waals surface area contributed by atoms with E-state index < -0.39 is 16.6 Å². The fraction of sp³-hybridized carbons (Fsp3) is 0.500. The third kappa shape index (κ3) is 1.90. The summed E-state index contributed by atoms with van der Waals surface area (Å²) >= 11 is 0. The van der Waals surface area contributed by atoms with Crippen LogP contribution in [0.25, 0.3) is 5.57 Å². The van der Waals surface area contributed by atoms with E-state index in [0.29, 0.717) is 6.42 Å². The van der Waals surface area contributed by atoms with E-state index in [9.17, 15) is 10.2 Å². The first-order chi connectivity index (χ1) is 8.17. The van der Waals surface area contributed by atoms with Gasteiger partial charge in [0.05, 0.1) is 0 Å². The minimum absolute atomic E-state index is 0.573. The maximum absolute atomic E-state index is 10.4. The van der Waals surface area contributed by atoms with Gasteiger partial charge in [-0.3, -0.25) is 0 Å². The SMILES string of the molecule is CC1(C)C=C(c2ccccc2)CC(C)(C)C1(O)O. The first-order valence-corrected chi connectivity index (χ1v) is 6.39. The largest absolute Gasteiger partial charge is 0.364 e. The molecule has 2 N–H and O–H groups in total. The maximum Gasteiger partial charge on any atom is 0.176 e. The first-order valence-electron chi connectivity index (χ1n) is 6.39. The Morgan fingerprint density at radius 1 is 0.944 bits per heavy atom. The molecular formula is C16H22O2. The standard InChI is InChI=1S/C16H22O2/c1-14(2)10-13(12-8-6-5-7-9-12)11-15(3,4)16(14,17)18/h5-10,17-18H,11H2,1-4H3. The van der Waals surface area contributed by atoms with Gasteiger partial charge in [-0.25, -0.2) is 0 Å². The van der Waals surface area contributed by atoms with Gasteiger partial charge in [-0.2, -0.15) is 0 Å². The molecule has 18 heavy (non-hydrogen) atoms. The molecule has 1 aliphatic rings. The van der Waals surface area contributed by atoms with Crippen LogP contribution in [0.5, 0.6) is 0 Å². The fourth-order valence-electron chi connectivity index (χ4n) is 2.90. The average Bonchev–Trinajstić information content (AvgIpc) is 2.27. The summed E-state index contributed by atoms with van der Waals surface area (Å²) < 4.78 is 0. The molecule has 2 nitrogen and oxygen atoms in total. The van der Waals surface area contributed by atoms with Crippen molar-refractivity contribution in [2.24, 2.45) is 10.8 Å². The molecule has 0 spiro atoms. The third-order valence-corrected chi connectivity index (χ3v) is 4.15. The Balaban J connectivity index is 2.51. The summed E-state index contributed by atoms with van der Waals surface area (Å²) in [6, 6.07) is 10.1. The second kappa shape index (κ2) is 3.94. The van der Waals surface area contributed by atoms with Gasteiger partial charge in [-0.05, 0) is 17.6 Å². The van der Waals surface area contributed by atoms with Gasteiger partial charge in [0.25, 0.3) is 0 Å². The van der Waals surface area contributed by atoms with Crippen LogP contribution in [0.15, 0.2) is 36.4 Å². The van der Waals surface area contributed by atoms with Crippen LogP contribution in [-0.2, 0) is 0 Å². The molecule has 0 fully saturated rings. The van der Waals surface area contributed by atoms with Crippen LogP contribution < -0.4 is 0 Å². The van der Waals surface area contributed by atoms with Crippen LogP contribution in [0.3, 0.4) is 0 Å². The molecule has 1 aromatic rings. The molecule has 0 heterocycles. The molecule has 2 heteroatoms. The molecule has 0 saturated carbocycles. The van der Waals surface area contributed by atoms with Crippen molar-refractivity contribution in [2.45, 2.75) is 39.9 Å². The lowest BCUT2D eigenvalue weighted by Crippen LogP contribution is -2.56.